The van der Waals surface area contributed by atoms with Gasteiger partial charge < -0.3 is 19.7 Å². The average Bonchev–Trinajstić information content (AvgIpc) is 3.23. The molecular weight excluding hydrogens is 362 g/mol. The van der Waals surface area contributed by atoms with Gasteiger partial charge in [0, 0.05) is 32.6 Å². The standard InChI is InChI=1S/C24H33N3O2/c1-25-24(26-14-7-11-20-10-6-12-23(16-20)28-2)27-15-13-22(17-27)19-29-18-21-8-4-3-5-9-21/h3-6,8-10,12,16,22H,7,11,13-15,17-19H2,1-2H3,(H,25,26). The molecule has 1 aliphatic heterocycles. The summed E-state index contributed by atoms with van der Waals surface area (Å²) in [6.45, 7) is 4.45. The first-order valence-electron chi connectivity index (χ1n) is 10.5. The van der Waals surface area contributed by atoms with Crippen molar-refractivity contribution in [1.82, 2.24) is 10.2 Å². The summed E-state index contributed by atoms with van der Waals surface area (Å²) in [4.78, 5) is 6.82. The molecule has 1 heterocycles. The normalized spacial score (nSPS) is 16.8. The zero-order valence-corrected chi connectivity index (χ0v) is 17.6. The lowest BCUT2D eigenvalue weighted by Gasteiger charge is -2.21. The molecule has 1 unspecified atom stereocenters. The lowest BCUT2D eigenvalue weighted by molar-refractivity contribution is 0.0907. The number of guanidine groups is 1. The molecule has 156 valence electrons. The third-order valence-electron chi connectivity index (χ3n) is 5.32. The second-order valence-electron chi connectivity index (χ2n) is 7.53. The van der Waals surface area contributed by atoms with Gasteiger partial charge in [0.2, 0.25) is 0 Å². The van der Waals surface area contributed by atoms with Gasteiger partial charge >= 0.3 is 0 Å². The number of nitrogens with zero attached hydrogens (tertiary/aromatic N) is 2. The molecule has 3 rings (SSSR count). The SMILES string of the molecule is CN=C(NCCCc1cccc(OC)c1)N1CCC(COCc2ccccc2)C1. The van der Waals surface area contributed by atoms with Crippen LogP contribution in [0.1, 0.15) is 24.0 Å². The maximum atomic E-state index is 5.93. The van der Waals surface area contributed by atoms with Crippen LogP contribution in [0.4, 0.5) is 0 Å². The minimum atomic E-state index is 0.564. The lowest BCUT2D eigenvalue weighted by atomic mass is 10.1. The molecule has 0 aromatic heterocycles. The van der Waals surface area contributed by atoms with Crippen molar-refractivity contribution in [2.45, 2.75) is 25.9 Å². The molecule has 2 aromatic rings. The van der Waals surface area contributed by atoms with Gasteiger partial charge in [0.25, 0.3) is 0 Å². The van der Waals surface area contributed by atoms with Gasteiger partial charge in [-0.2, -0.15) is 0 Å². The van der Waals surface area contributed by atoms with Crippen LogP contribution in [0.25, 0.3) is 0 Å². The molecule has 0 aliphatic carbocycles. The zero-order valence-electron chi connectivity index (χ0n) is 17.6. The second-order valence-corrected chi connectivity index (χ2v) is 7.53. The molecule has 0 bridgehead atoms. The van der Waals surface area contributed by atoms with Crippen molar-refractivity contribution >= 4 is 5.96 Å². The van der Waals surface area contributed by atoms with Gasteiger partial charge in [-0.25, -0.2) is 0 Å². The van der Waals surface area contributed by atoms with E-state index >= 15 is 0 Å². The fraction of sp³-hybridized carbons (Fsp3) is 0.458. The third-order valence-corrected chi connectivity index (χ3v) is 5.32. The van der Waals surface area contributed by atoms with Gasteiger partial charge in [0.1, 0.15) is 5.75 Å². The van der Waals surface area contributed by atoms with Crippen LogP contribution in [0.15, 0.2) is 59.6 Å². The number of aryl methyl sites for hydroxylation is 1. The zero-order chi connectivity index (χ0) is 20.3. The summed E-state index contributed by atoms with van der Waals surface area (Å²) in [6.07, 6.45) is 3.24. The highest BCUT2D eigenvalue weighted by molar-refractivity contribution is 5.80. The Bertz CT molecular complexity index is 764. The van der Waals surface area contributed by atoms with Gasteiger partial charge in [-0.15, -0.1) is 0 Å². The topological polar surface area (TPSA) is 46.1 Å². The minimum Gasteiger partial charge on any atom is -0.497 e. The molecule has 0 saturated carbocycles. The number of ether oxygens (including phenoxy) is 2. The predicted octanol–water partition coefficient (Wildman–Crippen LogP) is 3.74. The fourth-order valence-corrected chi connectivity index (χ4v) is 3.73. The Balaban J connectivity index is 1.34. The first-order chi connectivity index (χ1) is 14.3. The van der Waals surface area contributed by atoms with E-state index in [4.69, 9.17) is 9.47 Å². The maximum absolute atomic E-state index is 5.93. The molecule has 1 saturated heterocycles. The van der Waals surface area contributed by atoms with Crippen molar-refractivity contribution in [1.29, 1.82) is 0 Å². The predicted molar refractivity (Wildman–Crippen MR) is 118 cm³/mol. The van der Waals surface area contributed by atoms with E-state index in [1.54, 1.807) is 7.11 Å². The molecular formula is C24H33N3O2. The van der Waals surface area contributed by atoms with Gasteiger partial charge in [0.05, 0.1) is 20.3 Å². The van der Waals surface area contributed by atoms with Gasteiger partial charge in [-0.05, 0) is 42.5 Å². The summed E-state index contributed by atoms with van der Waals surface area (Å²) in [5, 5.41) is 3.52. The number of benzene rings is 2. The summed E-state index contributed by atoms with van der Waals surface area (Å²) in [5.74, 6) is 2.49. The molecule has 1 fully saturated rings. The lowest BCUT2D eigenvalue weighted by Crippen LogP contribution is -2.40. The van der Waals surface area contributed by atoms with E-state index in [1.165, 1.54) is 11.1 Å². The van der Waals surface area contributed by atoms with Crippen molar-refractivity contribution in [3.05, 3.63) is 65.7 Å². The van der Waals surface area contributed by atoms with E-state index < -0.39 is 0 Å². The summed E-state index contributed by atoms with van der Waals surface area (Å²) in [6, 6.07) is 18.7. The van der Waals surface area contributed by atoms with Crippen molar-refractivity contribution in [2.75, 3.05) is 40.4 Å². The molecule has 0 amide bonds. The highest BCUT2D eigenvalue weighted by atomic mass is 16.5. The number of rotatable bonds is 9. The average molecular weight is 396 g/mol. The number of methoxy groups -OCH3 is 1. The molecule has 1 N–H and O–H groups in total. The summed E-state index contributed by atoms with van der Waals surface area (Å²) in [5.41, 5.74) is 2.54. The third kappa shape index (κ3) is 6.79. The first kappa shape index (κ1) is 21.2. The highest BCUT2D eigenvalue weighted by Gasteiger charge is 2.24. The molecule has 2 aromatic carbocycles. The summed E-state index contributed by atoms with van der Waals surface area (Å²) in [7, 11) is 3.57. The Hall–Kier alpha value is -2.53. The van der Waals surface area contributed by atoms with Crippen LogP contribution in [-0.4, -0.2) is 51.3 Å². The molecule has 5 heteroatoms. The Labute approximate surface area is 174 Å². The fourth-order valence-electron chi connectivity index (χ4n) is 3.73. The van der Waals surface area contributed by atoms with Gasteiger partial charge in [-0.3, -0.25) is 4.99 Å². The maximum Gasteiger partial charge on any atom is 0.193 e. The Morgan fingerprint density at radius 3 is 2.76 bits per heavy atom. The second kappa shape index (κ2) is 11.5. The van der Waals surface area contributed by atoms with Crippen LogP contribution >= 0.6 is 0 Å². The van der Waals surface area contributed by atoms with E-state index in [0.29, 0.717) is 12.5 Å². The number of likely N-dealkylation sites (tertiary alicyclic amines) is 1. The summed E-state index contributed by atoms with van der Waals surface area (Å²) >= 11 is 0. The number of nitrogens with one attached hydrogen (secondary N) is 1. The minimum absolute atomic E-state index is 0.564. The van der Waals surface area contributed by atoms with Crippen LogP contribution in [-0.2, 0) is 17.8 Å². The van der Waals surface area contributed by atoms with E-state index in [-0.39, 0.29) is 0 Å². The van der Waals surface area contributed by atoms with Crippen LogP contribution < -0.4 is 10.1 Å². The van der Waals surface area contributed by atoms with E-state index in [1.807, 2.05) is 25.2 Å². The largest absolute Gasteiger partial charge is 0.497 e. The van der Waals surface area contributed by atoms with Crippen LogP contribution in [0.2, 0.25) is 0 Å². The van der Waals surface area contributed by atoms with Crippen molar-refractivity contribution in [2.24, 2.45) is 10.9 Å². The van der Waals surface area contributed by atoms with Gasteiger partial charge in [-0.1, -0.05) is 42.5 Å². The van der Waals surface area contributed by atoms with Crippen molar-refractivity contribution in [3.8, 4) is 5.75 Å². The number of hydrogen-bond acceptors (Lipinski definition) is 3. The Kier molecular flexibility index (Phi) is 8.38. The molecule has 5 nitrogen and oxygen atoms in total. The van der Waals surface area contributed by atoms with Gasteiger partial charge in [0.15, 0.2) is 5.96 Å². The molecule has 29 heavy (non-hydrogen) atoms. The van der Waals surface area contributed by atoms with E-state index in [0.717, 1.165) is 57.2 Å². The Morgan fingerprint density at radius 1 is 1.14 bits per heavy atom. The van der Waals surface area contributed by atoms with Crippen LogP contribution in [0.3, 0.4) is 0 Å². The van der Waals surface area contributed by atoms with Crippen LogP contribution in [0, 0.1) is 5.92 Å². The number of aliphatic imine (C=N–C) groups is 1. The van der Waals surface area contributed by atoms with Crippen LogP contribution in [0.5, 0.6) is 5.75 Å². The van der Waals surface area contributed by atoms with Crippen molar-refractivity contribution in [3.63, 3.8) is 0 Å². The number of hydrogen-bond donors (Lipinski definition) is 1. The molecule has 0 spiro atoms. The molecule has 1 atom stereocenters. The molecule has 1 aliphatic rings. The first-order valence-corrected chi connectivity index (χ1v) is 10.5. The molecule has 0 radical (unpaired) electrons. The Morgan fingerprint density at radius 2 is 1.97 bits per heavy atom. The van der Waals surface area contributed by atoms with E-state index in [9.17, 15) is 0 Å². The highest BCUT2D eigenvalue weighted by Crippen LogP contribution is 2.17. The van der Waals surface area contributed by atoms with E-state index in [2.05, 4.69) is 51.6 Å². The quantitative estimate of drug-likeness (QED) is 0.399. The monoisotopic (exact) mass is 395 g/mol. The smallest absolute Gasteiger partial charge is 0.193 e. The van der Waals surface area contributed by atoms with Crippen molar-refractivity contribution < 1.29 is 9.47 Å². The summed E-state index contributed by atoms with van der Waals surface area (Å²) < 4.78 is 11.2.